The van der Waals surface area contributed by atoms with Crippen LogP contribution >= 0.6 is 0 Å². The van der Waals surface area contributed by atoms with Crippen molar-refractivity contribution < 1.29 is 5.11 Å². The summed E-state index contributed by atoms with van der Waals surface area (Å²) in [7, 11) is 0. The first-order valence-corrected chi connectivity index (χ1v) is 7.21. The number of nitrogens with one attached hydrogen (secondary N) is 1. The van der Waals surface area contributed by atoms with Gasteiger partial charge in [-0.3, -0.25) is 0 Å². The molecule has 1 aliphatic rings. The zero-order chi connectivity index (χ0) is 13.0. The van der Waals surface area contributed by atoms with Gasteiger partial charge in [0, 0.05) is 17.8 Å². The summed E-state index contributed by atoms with van der Waals surface area (Å²) in [5.41, 5.74) is 3.00. The van der Waals surface area contributed by atoms with Crippen molar-refractivity contribution in [3.8, 4) is 5.75 Å². The number of hydrogen-bond donors (Lipinski definition) is 2. The molecular formula is C16H25NO. The van der Waals surface area contributed by atoms with E-state index in [0.717, 1.165) is 29.3 Å². The summed E-state index contributed by atoms with van der Waals surface area (Å²) >= 11 is 0. The minimum Gasteiger partial charge on any atom is -0.507 e. The molecule has 18 heavy (non-hydrogen) atoms. The number of benzene rings is 1. The largest absolute Gasteiger partial charge is 0.507 e. The lowest BCUT2D eigenvalue weighted by Crippen LogP contribution is -2.12. The van der Waals surface area contributed by atoms with Crippen LogP contribution in [0, 0.1) is 19.8 Å². The van der Waals surface area contributed by atoms with Crippen LogP contribution in [0.1, 0.15) is 49.7 Å². The van der Waals surface area contributed by atoms with Gasteiger partial charge in [0.05, 0.1) is 0 Å². The Labute approximate surface area is 110 Å². The second-order valence-corrected chi connectivity index (χ2v) is 5.62. The molecule has 0 aromatic heterocycles. The number of hydrogen-bond acceptors (Lipinski definition) is 2. The monoisotopic (exact) mass is 247 g/mol. The molecule has 1 saturated carbocycles. The van der Waals surface area contributed by atoms with Crippen molar-refractivity contribution in [1.29, 1.82) is 0 Å². The lowest BCUT2D eigenvalue weighted by molar-refractivity contribution is 0.345. The fourth-order valence-corrected chi connectivity index (χ4v) is 2.91. The predicted octanol–water partition coefficient (Wildman–Crippen LogP) is 4.39. The molecule has 0 saturated heterocycles. The molecule has 2 rings (SSSR count). The Morgan fingerprint density at radius 1 is 1.17 bits per heavy atom. The molecule has 1 aliphatic carbocycles. The third-order valence-corrected chi connectivity index (χ3v) is 4.23. The zero-order valence-corrected chi connectivity index (χ0v) is 11.6. The molecule has 0 amide bonds. The molecule has 0 spiro atoms. The standard InChI is InChI=1S/C16H25NO/c1-12-8-9-15(13(2)16(12)18)17-11-10-14-6-4-3-5-7-14/h8-9,14,17-18H,3-7,10-11H2,1-2H3. The number of aromatic hydroxyl groups is 1. The first-order chi connectivity index (χ1) is 8.68. The Morgan fingerprint density at radius 3 is 2.61 bits per heavy atom. The van der Waals surface area contributed by atoms with Crippen LogP contribution in [-0.2, 0) is 0 Å². The first-order valence-electron chi connectivity index (χ1n) is 7.21. The highest BCUT2D eigenvalue weighted by Crippen LogP contribution is 2.29. The van der Waals surface area contributed by atoms with Crippen LogP contribution in [-0.4, -0.2) is 11.7 Å². The maximum atomic E-state index is 9.90. The molecule has 1 fully saturated rings. The molecule has 0 unspecified atom stereocenters. The van der Waals surface area contributed by atoms with Crippen molar-refractivity contribution in [1.82, 2.24) is 0 Å². The first kappa shape index (κ1) is 13.3. The Hall–Kier alpha value is -1.18. The van der Waals surface area contributed by atoms with Gasteiger partial charge in [-0.2, -0.15) is 0 Å². The summed E-state index contributed by atoms with van der Waals surface area (Å²) in [5.74, 6) is 1.34. The molecule has 100 valence electrons. The van der Waals surface area contributed by atoms with Gasteiger partial charge in [-0.25, -0.2) is 0 Å². The van der Waals surface area contributed by atoms with Crippen LogP contribution in [0.3, 0.4) is 0 Å². The molecular weight excluding hydrogens is 222 g/mol. The van der Waals surface area contributed by atoms with Gasteiger partial charge in [-0.05, 0) is 37.8 Å². The van der Waals surface area contributed by atoms with Gasteiger partial charge in [0.1, 0.15) is 5.75 Å². The summed E-state index contributed by atoms with van der Waals surface area (Å²) in [6, 6.07) is 4.05. The lowest BCUT2D eigenvalue weighted by atomic mass is 9.87. The van der Waals surface area contributed by atoms with E-state index in [1.807, 2.05) is 19.9 Å². The summed E-state index contributed by atoms with van der Waals surface area (Å²) in [4.78, 5) is 0. The minimum absolute atomic E-state index is 0.428. The second-order valence-electron chi connectivity index (χ2n) is 5.62. The van der Waals surface area contributed by atoms with Crippen LogP contribution in [0.2, 0.25) is 0 Å². The molecule has 0 radical (unpaired) electrons. The van der Waals surface area contributed by atoms with E-state index >= 15 is 0 Å². The molecule has 1 aromatic carbocycles. The number of anilines is 1. The SMILES string of the molecule is Cc1ccc(NCCC2CCCCC2)c(C)c1O. The van der Waals surface area contributed by atoms with E-state index in [-0.39, 0.29) is 0 Å². The minimum atomic E-state index is 0.428. The van der Waals surface area contributed by atoms with Gasteiger partial charge >= 0.3 is 0 Å². The van der Waals surface area contributed by atoms with E-state index in [9.17, 15) is 5.11 Å². The van der Waals surface area contributed by atoms with E-state index in [0.29, 0.717) is 5.75 Å². The molecule has 2 nitrogen and oxygen atoms in total. The van der Waals surface area contributed by atoms with Gasteiger partial charge in [-0.15, -0.1) is 0 Å². The average Bonchev–Trinajstić information content (AvgIpc) is 2.40. The summed E-state index contributed by atoms with van der Waals surface area (Å²) in [6.07, 6.45) is 8.31. The Bertz CT molecular complexity index is 394. The Morgan fingerprint density at radius 2 is 1.89 bits per heavy atom. The Kier molecular flexibility index (Phi) is 4.51. The van der Waals surface area contributed by atoms with Gasteiger partial charge in [-0.1, -0.05) is 38.2 Å². The van der Waals surface area contributed by atoms with Crippen LogP contribution in [0.15, 0.2) is 12.1 Å². The summed E-state index contributed by atoms with van der Waals surface area (Å²) < 4.78 is 0. The van der Waals surface area contributed by atoms with E-state index in [1.54, 1.807) is 0 Å². The number of rotatable bonds is 4. The van der Waals surface area contributed by atoms with Crippen molar-refractivity contribution >= 4 is 5.69 Å². The normalized spacial score (nSPS) is 16.8. The molecule has 0 atom stereocenters. The van der Waals surface area contributed by atoms with E-state index in [4.69, 9.17) is 0 Å². The number of phenols is 1. The maximum absolute atomic E-state index is 9.90. The number of phenolic OH excluding ortho intramolecular Hbond substituents is 1. The highest BCUT2D eigenvalue weighted by atomic mass is 16.3. The highest BCUT2D eigenvalue weighted by molar-refractivity contribution is 5.58. The highest BCUT2D eigenvalue weighted by Gasteiger charge is 2.13. The van der Waals surface area contributed by atoms with E-state index in [1.165, 1.54) is 38.5 Å². The van der Waals surface area contributed by atoms with E-state index in [2.05, 4.69) is 11.4 Å². The lowest BCUT2D eigenvalue weighted by Gasteiger charge is -2.22. The van der Waals surface area contributed by atoms with Gasteiger partial charge in [0.25, 0.3) is 0 Å². The third kappa shape index (κ3) is 3.18. The quantitative estimate of drug-likeness (QED) is 0.827. The summed E-state index contributed by atoms with van der Waals surface area (Å²) in [6.45, 7) is 4.94. The van der Waals surface area contributed by atoms with Crippen molar-refractivity contribution in [2.24, 2.45) is 5.92 Å². The molecule has 0 heterocycles. The van der Waals surface area contributed by atoms with Crippen molar-refractivity contribution in [2.75, 3.05) is 11.9 Å². The Balaban J connectivity index is 1.84. The third-order valence-electron chi connectivity index (χ3n) is 4.23. The molecule has 1 aromatic rings. The maximum Gasteiger partial charge on any atom is 0.123 e. The predicted molar refractivity (Wildman–Crippen MR) is 77.3 cm³/mol. The number of aryl methyl sites for hydroxylation is 1. The molecule has 0 aliphatic heterocycles. The molecule has 0 bridgehead atoms. The zero-order valence-electron chi connectivity index (χ0n) is 11.6. The van der Waals surface area contributed by atoms with Crippen LogP contribution < -0.4 is 5.32 Å². The average molecular weight is 247 g/mol. The fraction of sp³-hybridized carbons (Fsp3) is 0.625. The topological polar surface area (TPSA) is 32.3 Å². The summed E-state index contributed by atoms with van der Waals surface area (Å²) in [5, 5.41) is 13.4. The van der Waals surface area contributed by atoms with Crippen LogP contribution in [0.25, 0.3) is 0 Å². The van der Waals surface area contributed by atoms with Gasteiger partial charge < -0.3 is 10.4 Å². The smallest absolute Gasteiger partial charge is 0.123 e. The van der Waals surface area contributed by atoms with Crippen LogP contribution in [0.4, 0.5) is 5.69 Å². The van der Waals surface area contributed by atoms with Crippen molar-refractivity contribution in [3.05, 3.63) is 23.3 Å². The van der Waals surface area contributed by atoms with Crippen molar-refractivity contribution in [3.63, 3.8) is 0 Å². The van der Waals surface area contributed by atoms with E-state index < -0.39 is 0 Å². The van der Waals surface area contributed by atoms with Crippen LogP contribution in [0.5, 0.6) is 5.75 Å². The van der Waals surface area contributed by atoms with Gasteiger partial charge in [0.2, 0.25) is 0 Å². The van der Waals surface area contributed by atoms with Crippen molar-refractivity contribution in [2.45, 2.75) is 52.4 Å². The van der Waals surface area contributed by atoms with Gasteiger partial charge in [0.15, 0.2) is 0 Å². The molecule has 2 heteroatoms. The fourth-order valence-electron chi connectivity index (χ4n) is 2.91. The second kappa shape index (κ2) is 6.12. The molecule has 2 N–H and O–H groups in total.